The number of nitrogens with zero attached hydrogens (tertiary/aromatic N) is 1. The molecule has 4 aliphatic heterocycles. The van der Waals surface area contributed by atoms with E-state index in [9.17, 15) is 48.6 Å². The number of likely N-dealkylation sites (tertiary alicyclic amines) is 1. The number of hydrogen-bond acceptors (Lipinski definition) is 16. The third-order valence-electron chi connectivity index (χ3n) is 12.6. The lowest BCUT2D eigenvalue weighted by molar-refractivity contribution is -0.135. The monoisotopic (exact) mass is 1090 g/mol. The van der Waals surface area contributed by atoms with Gasteiger partial charge in [-0.3, -0.25) is 43.3 Å². The van der Waals surface area contributed by atoms with E-state index in [1.54, 1.807) is 48.5 Å². The molecule has 4 saturated heterocycles. The molecule has 4 unspecified atom stereocenters. The van der Waals surface area contributed by atoms with Crippen LogP contribution in [0.15, 0.2) is 60.7 Å². The van der Waals surface area contributed by atoms with Crippen LogP contribution in [-0.4, -0.2) is 163 Å². The second kappa shape index (κ2) is 29.3. The molecule has 0 aromatic heterocycles. The fraction of sp³-hybridized carbons (Fsp3) is 0.592. The van der Waals surface area contributed by atoms with Crippen molar-refractivity contribution in [2.24, 2.45) is 0 Å². The van der Waals surface area contributed by atoms with Gasteiger partial charge in [0, 0.05) is 36.1 Å². The maximum Gasteiger partial charge on any atom is 0.251 e. The topological polar surface area (TPSA) is 264 Å². The molecule has 0 radical (unpaired) electrons. The van der Waals surface area contributed by atoms with E-state index in [-0.39, 0.29) is 56.0 Å². The molecule has 0 saturated carbocycles. The van der Waals surface area contributed by atoms with Crippen LogP contribution in [0.25, 0.3) is 0 Å². The van der Waals surface area contributed by atoms with E-state index in [0.29, 0.717) is 43.2 Å². The normalized spacial score (nSPS) is 21.0. The third kappa shape index (κ3) is 17.4. The fourth-order valence-corrected chi connectivity index (χ4v) is 15.5. The molecule has 4 heterocycles. The first-order valence-corrected chi connectivity index (χ1v) is 28.1. The second-order valence-electron chi connectivity index (χ2n) is 18.2. The van der Waals surface area contributed by atoms with Crippen molar-refractivity contribution in [2.45, 2.75) is 123 Å². The van der Waals surface area contributed by atoms with Gasteiger partial charge in [-0.25, -0.2) is 0 Å². The number of benzene rings is 2. The summed E-state index contributed by atoms with van der Waals surface area (Å²) in [4.78, 5) is 102. The summed E-state index contributed by atoms with van der Waals surface area (Å²) >= 11 is 7.55. The molecule has 2 spiro atoms. The number of amides is 6. The predicted octanol–water partition coefficient (Wildman–Crippen LogP) is 2.23. The summed E-state index contributed by atoms with van der Waals surface area (Å²) in [5.74, 6) is 0.788. The van der Waals surface area contributed by atoms with Crippen LogP contribution in [0.4, 0.5) is 0 Å². The van der Waals surface area contributed by atoms with Crippen LogP contribution in [0.1, 0.15) is 89.4 Å². The van der Waals surface area contributed by atoms with E-state index in [4.69, 9.17) is 0 Å². The van der Waals surface area contributed by atoms with E-state index < -0.39 is 73.1 Å². The van der Waals surface area contributed by atoms with Crippen molar-refractivity contribution in [3.05, 3.63) is 71.8 Å². The number of carbonyl (C=O) groups excluding carboxylic acids is 8. The average Bonchev–Trinajstić information content (AvgIpc) is 4.19. The minimum absolute atomic E-state index is 0. The molecule has 6 rings (SSSR count). The summed E-state index contributed by atoms with van der Waals surface area (Å²) < 4.78 is 0.0704. The molecule has 6 amide bonds. The van der Waals surface area contributed by atoms with Crippen molar-refractivity contribution in [3.63, 3.8) is 0 Å². The molecule has 72 heavy (non-hydrogen) atoms. The number of aliphatic hydroxyl groups is 2. The van der Waals surface area contributed by atoms with Crippen molar-refractivity contribution in [1.29, 1.82) is 0 Å². The van der Waals surface area contributed by atoms with Crippen molar-refractivity contribution < 1.29 is 48.6 Å². The Morgan fingerprint density at radius 1 is 0.639 bits per heavy atom. The van der Waals surface area contributed by atoms with Crippen molar-refractivity contribution >= 4 is 106 Å². The van der Waals surface area contributed by atoms with Crippen molar-refractivity contribution in [2.75, 3.05) is 56.2 Å². The molecule has 4 aliphatic rings. The number of thioether (sulfide) groups is 4. The molecule has 2 aromatic carbocycles. The first-order chi connectivity index (χ1) is 33.9. The van der Waals surface area contributed by atoms with E-state index in [0.717, 1.165) is 42.5 Å². The maximum atomic E-state index is 13.1. The SMILES string of the molecule is CCCC(NC(=O)[C@@H]1CC2(CN1)SCCS2)C(O)C(=O)NCC(=O)N[C@H](C(C)=O)c1ccccc1.CCCC(NC(=O)[C@@H]1CC2(CN1C)SCCS2)C(O)C(=O)NCC(=O)N[C@H](C(C)=O)c1ccccc1.Cl. The number of ketones is 2. The number of rotatable bonds is 22. The number of hydrogen-bond donors (Lipinski definition) is 9. The summed E-state index contributed by atoms with van der Waals surface area (Å²) in [6, 6.07) is 13.8. The molecule has 9 N–H and O–H groups in total. The minimum Gasteiger partial charge on any atom is -0.381 e. The van der Waals surface area contributed by atoms with Crippen molar-refractivity contribution in [3.8, 4) is 0 Å². The largest absolute Gasteiger partial charge is 0.381 e. The molecule has 18 nitrogen and oxygen atoms in total. The number of carbonyl (C=O) groups is 8. The van der Waals surface area contributed by atoms with E-state index >= 15 is 0 Å². The number of aliphatic hydroxyl groups excluding tert-OH is 2. The van der Waals surface area contributed by atoms with Gasteiger partial charge in [0.25, 0.3) is 11.8 Å². The lowest BCUT2D eigenvalue weighted by atomic mass is 10.0. The maximum absolute atomic E-state index is 13.1. The zero-order valence-corrected chi connectivity index (χ0v) is 45.5. The van der Waals surface area contributed by atoms with Gasteiger partial charge in [-0.15, -0.1) is 59.5 Å². The van der Waals surface area contributed by atoms with Gasteiger partial charge in [-0.2, -0.15) is 0 Å². The summed E-state index contributed by atoms with van der Waals surface area (Å²) in [5.41, 5.74) is 1.28. The van der Waals surface area contributed by atoms with Crippen LogP contribution in [0.2, 0.25) is 0 Å². The Bertz CT molecular complexity index is 2160. The number of halogens is 1. The number of likely N-dealkylation sites (N-methyl/N-ethyl adjacent to an activating group) is 1. The van der Waals surface area contributed by atoms with E-state index in [2.05, 4.69) is 37.2 Å². The minimum atomic E-state index is -1.50. The quantitative estimate of drug-likeness (QED) is 0.0819. The van der Waals surface area contributed by atoms with Gasteiger partial charge in [0.05, 0.1) is 45.4 Å². The van der Waals surface area contributed by atoms with Gasteiger partial charge in [-0.1, -0.05) is 87.4 Å². The van der Waals surface area contributed by atoms with Crippen LogP contribution >= 0.6 is 59.5 Å². The van der Waals surface area contributed by atoms with Crippen LogP contribution < -0.4 is 37.2 Å². The lowest BCUT2D eigenvalue weighted by Crippen LogP contribution is -2.54. The Labute approximate surface area is 445 Å². The lowest BCUT2D eigenvalue weighted by Gasteiger charge is -2.26. The Morgan fingerprint density at radius 2 is 1.06 bits per heavy atom. The standard InChI is InChI=1S/C25H36N4O5S2.C24H34N4O5S2.ClH/c1-4-8-18(27-23(33)19-13-25(15-29(19)3)35-11-12-36-25)22(32)24(34)26-14-20(31)28-21(16(2)30)17-9-6-5-7-10-17;1-3-7-17(27-22(32)18-12-24(14-26-18)34-10-11-35-24)21(31)23(33)25-13-19(30)28-20(15(2)29)16-8-5-4-6-9-16;/h5-7,9-10,18-19,21-22,32H,4,8,11-15H2,1-3H3,(H,26,34)(H,27,33)(H,28,31);4-6,8-9,17-18,20-21,26,31H,3,7,10-14H2,1-2H3,(H,25,33)(H,27,32)(H,28,30);1H/t18?,19-,21+,22?;17?,18-,20+,21?;/m00./s1. The summed E-state index contributed by atoms with van der Waals surface area (Å²) in [6.07, 6.45) is 0.556. The highest BCUT2D eigenvalue weighted by Crippen LogP contribution is 2.51. The third-order valence-corrected chi connectivity index (χ3v) is 19.5. The Hall–Kier alpha value is -3.87. The smallest absolute Gasteiger partial charge is 0.251 e. The van der Waals surface area contributed by atoms with Gasteiger partial charge < -0.3 is 47.4 Å². The van der Waals surface area contributed by atoms with Crippen molar-refractivity contribution in [1.82, 2.24) is 42.1 Å². The summed E-state index contributed by atoms with van der Waals surface area (Å²) in [6.45, 7) is 7.34. The Morgan fingerprint density at radius 3 is 1.47 bits per heavy atom. The average molecular weight is 1100 g/mol. The second-order valence-corrected chi connectivity index (χ2v) is 24.6. The molecule has 0 bridgehead atoms. The predicted molar refractivity (Wildman–Crippen MR) is 288 cm³/mol. The molecule has 8 atom stereocenters. The van der Waals surface area contributed by atoms with Crippen LogP contribution in [0, 0.1) is 0 Å². The Kier molecular flexibility index (Phi) is 24.7. The van der Waals surface area contributed by atoms with E-state index in [1.165, 1.54) is 13.8 Å². The highest BCUT2D eigenvalue weighted by Gasteiger charge is 2.49. The Balaban J connectivity index is 0.000000308. The number of Topliss-reactive ketones (excluding diaryl/α,β-unsaturated/α-hetero) is 2. The fourth-order valence-electron chi connectivity index (χ4n) is 8.91. The highest BCUT2D eigenvalue weighted by atomic mass is 35.5. The van der Waals surface area contributed by atoms with Crippen LogP contribution in [0.3, 0.4) is 0 Å². The molecule has 4 fully saturated rings. The molecule has 0 aliphatic carbocycles. The van der Waals surface area contributed by atoms with Gasteiger partial charge in [0.2, 0.25) is 23.6 Å². The first kappa shape index (κ1) is 60.7. The van der Waals surface area contributed by atoms with Crippen LogP contribution in [0.5, 0.6) is 0 Å². The van der Waals surface area contributed by atoms with Gasteiger partial charge >= 0.3 is 0 Å². The van der Waals surface area contributed by atoms with E-state index in [1.807, 2.05) is 85.0 Å². The zero-order chi connectivity index (χ0) is 51.7. The van der Waals surface area contributed by atoms with Gasteiger partial charge in [0.15, 0.2) is 23.8 Å². The molecular formula is C49H71ClN8O10S4. The van der Waals surface area contributed by atoms with Gasteiger partial charge in [-0.05, 0) is 57.7 Å². The van der Waals surface area contributed by atoms with Gasteiger partial charge in [0.1, 0.15) is 12.1 Å². The summed E-state index contributed by atoms with van der Waals surface area (Å²) in [7, 11) is 1.93. The molecule has 398 valence electrons. The summed E-state index contributed by atoms with van der Waals surface area (Å²) in [5, 5.41) is 40.4. The molecular weight excluding hydrogens is 1020 g/mol. The molecule has 2 aromatic rings. The number of nitrogens with one attached hydrogen (secondary N) is 7. The van der Waals surface area contributed by atoms with Crippen LogP contribution in [-0.2, 0) is 38.4 Å². The first-order valence-electron chi connectivity index (χ1n) is 24.1. The molecule has 23 heteroatoms. The highest BCUT2D eigenvalue weighted by molar-refractivity contribution is 8.21. The zero-order valence-electron chi connectivity index (χ0n) is 41.4.